The highest BCUT2D eigenvalue weighted by atomic mass is 16.2. The third-order valence-corrected chi connectivity index (χ3v) is 2.28. The van der Waals surface area contributed by atoms with E-state index in [2.05, 4.69) is 0 Å². The van der Waals surface area contributed by atoms with Crippen LogP contribution < -0.4 is 17.0 Å². The van der Waals surface area contributed by atoms with E-state index in [-0.39, 0.29) is 24.3 Å². The molecule has 0 unspecified atom stereocenters. The molecule has 0 atom stereocenters. The van der Waals surface area contributed by atoms with Gasteiger partial charge in [-0.2, -0.15) is 0 Å². The van der Waals surface area contributed by atoms with Gasteiger partial charge in [0.1, 0.15) is 0 Å². The van der Waals surface area contributed by atoms with Gasteiger partial charge in [-0.05, 0) is 14.1 Å². The van der Waals surface area contributed by atoms with Crippen molar-refractivity contribution in [2.75, 3.05) is 27.2 Å². The summed E-state index contributed by atoms with van der Waals surface area (Å²) in [6, 6.07) is 1.40. The maximum atomic E-state index is 11.8. The van der Waals surface area contributed by atoms with Crippen LogP contribution in [0.25, 0.3) is 0 Å². The van der Waals surface area contributed by atoms with Crippen LogP contribution in [0.4, 0.5) is 0 Å². The molecule has 6 nitrogen and oxygen atoms in total. The maximum absolute atomic E-state index is 11.8. The summed E-state index contributed by atoms with van der Waals surface area (Å²) in [6.45, 7) is 1.87. The lowest BCUT2D eigenvalue weighted by Gasteiger charge is -2.12. The van der Waals surface area contributed by atoms with E-state index in [0.29, 0.717) is 6.54 Å². The molecule has 0 saturated heterocycles. The number of aromatic nitrogens is 2. The van der Waals surface area contributed by atoms with Crippen molar-refractivity contribution < 1.29 is 0 Å². The van der Waals surface area contributed by atoms with Gasteiger partial charge in [-0.3, -0.25) is 13.9 Å². The van der Waals surface area contributed by atoms with Crippen molar-refractivity contribution >= 4 is 0 Å². The second kappa shape index (κ2) is 5.62. The Bertz CT molecular complexity index is 447. The summed E-state index contributed by atoms with van der Waals surface area (Å²) in [4.78, 5) is 25.2. The Morgan fingerprint density at radius 3 is 2.56 bits per heavy atom. The third-order valence-electron chi connectivity index (χ3n) is 2.28. The zero-order valence-corrected chi connectivity index (χ0v) is 9.72. The summed E-state index contributed by atoms with van der Waals surface area (Å²) in [5.41, 5.74) is 4.77. The van der Waals surface area contributed by atoms with E-state index in [0.717, 1.165) is 11.1 Å². The van der Waals surface area contributed by atoms with Crippen LogP contribution >= 0.6 is 0 Å². The van der Waals surface area contributed by atoms with Gasteiger partial charge in [0, 0.05) is 38.4 Å². The molecule has 0 radical (unpaired) electrons. The Kier molecular flexibility index (Phi) is 4.45. The van der Waals surface area contributed by atoms with Crippen LogP contribution in [0.5, 0.6) is 0 Å². The second-order valence-electron chi connectivity index (χ2n) is 3.87. The minimum atomic E-state index is -0.295. The normalized spacial score (nSPS) is 11.0. The molecule has 0 fully saturated rings. The van der Waals surface area contributed by atoms with Crippen LogP contribution in [-0.4, -0.2) is 41.2 Å². The van der Waals surface area contributed by atoms with Gasteiger partial charge in [-0.15, -0.1) is 0 Å². The molecule has 0 aliphatic carbocycles. The molecule has 16 heavy (non-hydrogen) atoms. The Hall–Kier alpha value is -1.40. The summed E-state index contributed by atoms with van der Waals surface area (Å²) in [5.74, 6) is 0. The molecular weight excluding hydrogens is 208 g/mol. The first-order valence-electron chi connectivity index (χ1n) is 5.21. The van der Waals surface area contributed by atoms with Crippen LogP contribution in [-0.2, 0) is 13.1 Å². The van der Waals surface area contributed by atoms with Crippen molar-refractivity contribution in [3.63, 3.8) is 0 Å². The van der Waals surface area contributed by atoms with Gasteiger partial charge in [0.05, 0.1) is 0 Å². The lowest BCUT2D eigenvalue weighted by atomic mass is 10.5. The first kappa shape index (κ1) is 12.7. The number of hydrogen-bond acceptors (Lipinski definition) is 4. The van der Waals surface area contributed by atoms with Crippen LogP contribution in [0.2, 0.25) is 0 Å². The lowest BCUT2D eigenvalue weighted by Crippen LogP contribution is -2.41. The van der Waals surface area contributed by atoms with Gasteiger partial charge >= 0.3 is 5.69 Å². The third kappa shape index (κ3) is 3.04. The molecule has 90 valence electrons. The molecule has 2 N–H and O–H groups in total. The van der Waals surface area contributed by atoms with Crippen LogP contribution in [0.1, 0.15) is 0 Å². The van der Waals surface area contributed by atoms with Gasteiger partial charge in [-0.1, -0.05) is 0 Å². The van der Waals surface area contributed by atoms with E-state index < -0.39 is 0 Å². The minimum absolute atomic E-state index is 0.264. The standard InChI is InChI=1S/C10H18N4O2/c1-12(2)7-8-13-5-3-9(15)14(6-4-11)10(13)16/h3,5H,4,6-8,11H2,1-2H3. The summed E-state index contributed by atoms with van der Waals surface area (Å²) < 4.78 is 2.69. The van der Waals surface area contributed by atoms with Crippen molar-refractivity contribution in [3.8, 4) is 0 Å². The zero-order chi connectivity index (χ0) is 12.1. The molecule has 0 aliphatic rings. The Morgan fingerprint density at radius 2 is 2.00 bits per heavy atom. The highest BCUT2D eigenvalue weighted by Gasteiger charge is 2.04. The Balaban J connectivity index is 2.99. The van der Waals surface area contributed by atoms with Gasteiger partial charge in [0.25, 0.3) is 5.56 Å². The number of likely N-dealkylation sites (N-methyl/N-ethyl adjacent to an activating group) is 1. The van der Waals surface area contributed by atoms with E-state index in [1.807, 2.05) is 19.0 Å². The fourth-order valence-electron chi connectivity index (χ4n) is 1.37. The zero-order valence-electron chi connectivity index (χ0n) is 9.72. The van der Waals surface area contributed by atoms with Gasteiger partial charge in [-0.25, -0.2) is 4.79 Å². The van der Waals surface area contributed by atoms with Crippen LogP contribution in [0.3, 0.4) is 0 Å². The predicted octanol–water partition coefficient (Wildman–Crippen LogP) is -1.47. The molecule has 0 bridgehead atoms. The van der Waals surface area contributed by atoms with E-state index in [4.69, 9.17) is 5.73 Å². The largest absolute Gasteiger partial charge is 0.331 e. The average Bonchev–Trinajstić information content (AvgIpc) is 2.23. The van der Waals surface area contributed by atoms with Crippen molar-refractivity contribution in [1.82, 2.24) is 14.0 Å². The quantitative estimate of drug-likeness (QED) is 0.665. The molecule has 1 aromatic heterocycles. The van der Waals surface area contributed by atoms with Crippen molar-refractivity contribution in [3.05, 3.63) is 33.1 Å². The summed E-state index contributed by atoms with van der Waals surface area (Å²) in [6.07, 6.45) is 1.53. The van der Waals surface area contributed by atoms with E-state index in [1.165, 1.54) is 16.8 Å². The predicted molar refractivity (Wildman–Crippen MR) is 62.6 cm³/mol. The molecule has 0 amide bonds. The number of rotatable bonds is 5. The van der Waals surface area contributed by atoms with Crippen LogP contribution in [0.15, 0.2) is 21.9 Å². The summed E-state index contributed by atoms with van der Waals surface area (Å²) in [7, 11) is 3.86. The second-order valence-corrected chi connectivity index (χ2v) is 3.87. The highest BCUT2D eigenvalue weighted by molar-refractivity contribution is 4.86. The van der Waals surface area contributed by atoms with Crippen molar-refractivity contribution in [2.24, 2.45) is 5.73 Å². The molecule has 1 rings (SSSR count). The molecule has 6 heteroatoms. The summed E-state index contributed by atoms with van der Waals surface area (Å²) >= 11 is 0. The lowest BCUT2D eigenvalue weighted by molar-refractivity contribution is 0.375. The van der Waals surface area contributed by atoms with E-state index in [1.54, 1.807) is 0 Å². The molecule has 1 heterocycles. The Morgan fingerprint density at radius 1 is 1.31 bits per heavy atom. The minimum Gasteiger partial charge on any atom is -0.329 e. The summed E-state index contributed by atoms with van der Waals surface area (Å²) in [5, 5.41) is 0. The molecule has 1 aromatic rings. The number of hydrogen-bond donors (Lipinski definition) is 1. The van der Waals surface area contributed by atoms with Crippen molar-refractivity contribution in [1.29, 1.82) is 0 Å². The van der Waals surface area contributed by atoms with Gasteiger partial charge < -0.3 is 10.6 Å². The first-order valence-corrected chi connectivity index (χ1v) is 5.21. The van der Waals surface area contributed by atoms with Crippen LogP contribution in [0, 0.1) is 0 Å². The molecule has 0 saturated carbocycles. The van der Waals surface area contributed by atoms with Crippen molar-refractivity contribution in [2.45, 2.75) is 13.1 Å². The van der Waals surface area contributed by atoms with E-state index in [9.17, 15) is 9.59 Å². The monoisotopic (exact) mass is 226 g/mol. The van der Waals surface area contributed by atoms with Gasteiger partial charge in [0.2, 0.25) is 0 Å². The molecule has 0 aliphatic heterocycles. The topological polar surface area (TPSA) is 73.3 Å². The van der Waals surface area contributed by atoms with E-state index >= 15 is 0 Å². The SMILES string of the molecule is CN(C)CCn1ccc(=O)n(CCN)c1=O. The molecular formula is C10H18N4O2. The smallest absolute Gasteiger partial charge is 0.329 e. The average molecular weight is 226 g/mol. The maximum Gasteiger partial charge on any atom is 0.331 e. The fraction of sp³-hybridized carbons (Fsp3) is 0.600. The number of nitrogens with zero attached hydrogens (tertiary/aromatic N) is 3. The van der Waals surface area contributed by atoms with Gasteiger partial charge in [0.15, 0.2) is 0 Å². The highest BCUT2D eigenvalue weighted by Crippen LogP contribution is 1.82. The Labute approximate surface area is 93.9 Å². The fourth-order valence-corrected chi connectivity index (χ4v) is 1.37. The first-order chi connectivity index (χ1) is 7.56. The molecule has 0 spiro atoms. The number of nitrogens with two attached hydrogens (primary N) is 1. The molecule has 0 aromatic carbocycles.